The molecule has 1 fully saturated rings. The third kappa shape index (κ3) is 4.49. The van der Waals surface area contributed by atoms with Crippen molar-refractivity contribution >= 4 is 0 Å². The predicted molar refractivity (Wildman–Crippen MR) is 61.8 cm³/mol. The molecule has 3 heteroatoms. The van der Waals surface area contributed by atoms with Gasteiger partial charge in [-0.25, -0.2) is 0 Å². The summed E-state index contributed by atoms with van der Waals surface area (Å²) in [5.74, 6) is 0. The van der Waals surface area contributed by atoms with Crippen molar-refractivity contribution < 1.29 is 10.2 Å². The molecule has 0 bridgehead atoms. The van der Waals surface area contributed by atoms with Crippen molar-refractivity contribution in [3.63, 3.8) is 0 Å². The smallest absolute Gasteiger partial charge is 0.0771 e. The third-order valence-electron chi connectivity index (χ3n) is 3.51. The van der Waals surface area contributed by atoms with E-state index in [4.69, 9.17) is 0 Å². The number of hydrogen-bond acceptors (Lipinski definition) is 3. The van der Waals surface area contributed by atoms with E-state index in [-0.39, 0.29) is 12.1 Å². The van der Waals surface area contributed by atoms with Crippen molar-refractivity contribution in [2.75, 3.05) is 6.54 Å². The zero-order valence-electron chi connectivity index (χ0n) is 10.00. The van der Waals surface area contributed by atoms with Crippen molar-refractivity contribution in [2.45, 2.75) is 70.1 Å². The Kier molecular flexibility index (Phi) is 5.03. The monoisotopic (exact) mass is 215 g/mol. The average molecular weight is 215 g/mol. The highest BCUT2D eigenvalue weighted by Crippen LogP contribution is 2.26. The molecule has 0 heterocycles. The number of nitrogens with one attached hydrogen (secondary N) is 1. The summed E-state index contributed by atoms with van der Waals surface area (Å²) in [6.45, 7) is 4.33. The second-order valence-electron chi connectivity index (χ2n) is 5.05. The van der Waals surface area contributed by atoms with Crippen LogP contribution in [-0.4, -0.2) is 34.5 Å². The first-order chi connectivity index (χ1) is 7.03. The molecule has 3 N–H and O–H groups in total. The molecule has 0 spiro atoms. The maximum absolute atomic E-state index is 10.3. The van der Waals surface area contributed by atoms with Crippen molar-refractivity contribution in [2.24, 2.45) is 0 Å². The zero-order valence-corrected chi connectivity index (χ0v) is 10.00. The van der Waals surface area contributed by atoms with E-state index in [1.165, 1.54) is 12.8 Å². The molecule has 0 amide bonds. The Morgan fingerprint density at radius 1 is 1.13 bits per heavy atom. The van der Waals surface area contributed by atoms with Crippen LogP contribution in [0.5, 0.6) is 0 Å². The Morgan fingerprint density at radius 2 is 1.67 bits per heavy atom. The normalized spacial score (nSPS) is 25.6. The van der Waals surface area contributed by atoms with E-state index in [0.717, 1.165) is 25.7 Å². The van der Waals surface area contributed by atoms with Crippen molar-refractivity contribution in [1.82, 2.24) is 5.32 Å². The van der Waals surface area contributed by atoms with Gasteiger partial charge in [0.2, 0.25) is 0 Å². The molecule has 90 valence electrons. The Labute approximate surface area is 92.9 Å². The average Bonchev–Trinajstić information content (AvgIpc) is 2.40. The lowest BCUT2D eigenvalue weighted by atomic mass is 9.94. The lowest BCUT2D eigenvalue weighted by Gasteiger charge is -2.29. The largest absolute Gasteiger partial charge is 0.392 e. The molecule has 1 rings (SSSR count). The SMILES string of the molecule is CC(O)C(C)NCC1(O)CCCCCC1. The van der Waals surface area contributed by atoms with Gasteiger partial charge in [-0.2, -0.15) is 0 Å². The first-order valence-electron chi connectivity index (χ1n) is 6.17. The summed E-state index contributed by atoms with van der Waals surface area (Å²) >= 11 is 0. The summed E-state index contributed by atoms with van der Waals surface area (Å²) in [5, 5.41) is 22.9. The Morgan fingerprint density at radius 3 is 2.13 bits per heavy atom. The fourth-order valence-corrected chi connectivity index (χ4v) is 2.08. The molecule has 2 unspecified atom stereocenters. The van der Waals surface area contributed by atoms with Gasteiger partial charge in [0, 0.05) is 12.6 Å². The fourth-order valence-electron chi connectivity index (χ4n) is 2.08. The van der Waals surface area contributed by atoms with Crippen LogP contribution in [-0.2, 0) is 0 Å². The molecular formula is C12H25NO2. The lowest BCUT2D eigenvalue weighted by molar-refractivity contribution is 0.0181. The Balaban J connectivity index is 2.34. The van der Waals surface area contributed by atoms with Gasteiger partial charge in [-0.1, -0.05) is 25.7 Å². The summed E-state index contributed by atoms with van der Waals surface area (Å²) in [5.41, 5.74) is -0.542. The maximum atomic E-state index is 10.3. The highest BCUT2D eigenvalue weighted by atomic mass is 16.3. The zero-order chi connectivity index (χ0) is 11.3. The van der Waals surface area contributed by atoms with E-state index in [0.29, 0.717) is 6.54 Å². The Bertz CT molecular complexity index is 174. The van der Waals surface area contributed by atoms with Crippen LogP contribution in [0.3, 0.4) is 0 Å². The first-order valence-corrected chi connectivity index (χ1v) is 6.17. The topological polar surface area (TPSA) is 52.5 Å². The molecule has 0 radical (unpaired) electrons. The van der Waals surface area contributed by atoms with Crippen LogP contribution >= 0.6 is 0 Å². The van der Waals surface area contributed by atoms with E-state index in [1.54, 1.807) is 6.92 Å². The molecule has 0 aromatic heterocycles. The van der Waals surface area contributed by atoms with E-state index in [9.17, 15) is 10.2 Å². The fraction of sp³-hybridized carbons (Fsp3) is 1.00. The molecule has 1 aliphatic rings. The van der Waals surface area contributed by atoms with Gasteiger partial charge in [0.15, 0.2) is 0 Å². The van der Waals surface area contributed by atoms with Gasteiger partial charge in [0.25, 0.3) is 0 Å². The van der Waals surface area contributed by atoms with Crippen LogP contribution in [0, 0.1) is 0 Å². The predicted octanol–water partition coefficient (Wildman–Crippen LogP) is 1.43. The number of aliphatic hydroxyl groups excluding tert-OH is 1. The summed E-state index contributed by atoms with van der Waals surface area (Å²) in [7, 11) is 0. The standard InChI is InChI=1S/C12H25NO2/c1-10(11(2)14)13-9-12(15)7-5-3-4-6-8-12/h10-11,13-15H,3-9H2,1-2H3. The van der Waals surface area contributed by atoms with Crippen LogP contribution in [0.15, 0.2) is 0 Å². The minimum Gasteiger partial charge on any atom is -0.392 e. The van der Waals surface area contributed by atoms with Crippen molar-refractivity contribution in [3.05, 3.63) is 0 Å². The molecule has 0 aromatic rings. The molecule has 1 saturated carbocycles. The number of hydrogen-bond donors (Lipinski definition) is 3. The molecule has 2 atom stereocenters. The summed E-state index contributed by atoms with van der Waals surface area (Å²) in [6, 6.07) is 0.0530. The van der Waals surface area contributed by atoms with Gasteiger partial charge in [0.05, 0.1) is 11.7 Å². The van der Waals surface area contributed by atoms with Gasteiger partial charge in [-0.15, -0.1) is 0 Å². The van der Waals surface area contributed by atoms with Gasteiger partial charge >= 0.3 is 0 Å². The minimum atomic E-state index is -0.542. The van der Waals surface area contributed by atoms with Crippen LogP contribution < -0.4 is 5.32 Å². The third-order valence-corrected chi connectivity index (χ3v) is 3.51. The second-order valence-corrected chi connectivity index (χ2v) is 5.05. The van der Waals surface area contributed by atoms with E-state index >= 15 is 0 Å². The molecule has 0 aliphatic heterocycles. The quantitative estimate of drug-likeness (QED) is 0.622. The van der Waals surface area contributed by atoms with Gasteiger partial charge in [-0.05, 0) is 26.7 Å². The summed E-state index contributed by atoms with van der Waals surface area (Å²) < 4.78 is 0. The number of aliphatic hydroxyl groups is 2. The van der Waals surface area contributed by atoms with Gasteiger partial charge in [0.1, 0.15) is 0 Å². The van der Waals surface area contributed by atoms with Gasteiger partial charge < -0.3 is 15.5 Å². The lowest BCUT2D eigenvalue weighted by Crippen LogP contribution is -2.46. The minimum absolute atomic E-state index is 0.0530. The highest BCUT2D eigenvalue weighted by molar-refractivity contribution is 4.84. The highest BCUT2D eigenvalue weighted by Gasteiger charge is 2.28. The van der Waals surface area contributed by atoms with E-state index in [1.807, 2.05) is 6.92 Å². The van der Waals surface area contributed by atoms with Crippen LogP contribution in [0.4, 0.5) is 0 Å². The van der Waals surface area contributed by atoms with Crippen LogP contribution in [0.2, 0.25) is 0 Å². The van der Waals surface area contributed by atoms with Crippen molar-refractivity contribution in [1.29, 1.82) is 0 Å². The van der Waals surface area contributed by atoms with E-state index < -0.39 is 5.60 Å². The van der Waals surface area contributed by atoms with Crippen molar-refractivity contribution in [3.8, 4) is 0 Å². The summed E-state index contributed by atoms with van der Waals surface area (Å²) in [6.07, 6.45) is 6.17. The molecule has 3 nitrogen and oxygen atoms in total. The Hall–Kier alpha value is -0.120. The molecule has 1 aliphatic carbocycles. The second kappa shape index (κ2) is 5.83. The molecule has 15 heavy (non-hydrogen) atoms. The molecule has 0 aromatic carbocycles. The van der Waals surface area contributed by atoms with Crippen LogP contribution in [0.25, 0.3) is 0 Å². The molecule has 0 saturated heterocycles. The summed E-state index contributed by atoms with van der Waals surface area (Å²) in [4.78, 5) is 0. The maximum Gasteiger partial charge on any atom is 0.0771 e. The number of rotatable bonds is 4. The molecular weight excluding hydrogens is 190 g/mol. The van der Waals surface area contributed by atoms with Crippen LogP contribution in [0.1, 0.15) is 52.4 Å². The first kappa shape index (κ1) is 12.9. The van der Waals surface area contributed by atoms with Gasteiger partial charge in [-0.3, -0.25) is 0 Å². The van der Waals surface area contributed by atoms with E-state index in [2.05, 4.69) is 5.32 Å².